The van der Waals surface area contributed by atoms with Gasteiger partial charge in [-0.15, -0.1) is 0 Å². The Morgan fingerprint density at radius 3 is 2.77 bits per heavy atom. The van der Waals surface area contributed by atoms with E-state index in [0.717, 1.165) is 25.0 Å². The van der Waals surface area contributed by atoms with Crippen molar-refractivity contribution in [2.45, 2.75) is 38.3 Å². The van der Waals surface area contributed by atoms with Gasteiger partial charge < -0.3 is 4.90 Å². The van der Waals surface area contributed by atoms with Gasteiger partial charge in [-0.25, -0.2) is 9.37 Å². The van der Waals surface area contributed by atoms with Crippen LogP contribution in [0.15, 0.2) is 64.2 Å². The number of hydrogen-bond acceptors (Lipinski definition) is 4. The van der Waals surface area contributed by atoms with Gasteiger partial charge in [-0.05, 0) is 62.9 Å². The lowest BCUT2D eigenvalue weighted by Crippen LogP contribution is -2.31. The van der Waals surface area contributed by atoms with Crippen LogP contribution in [-0.4, -0.2) is 32.7 Å². The van der Waals surface area contributed by atoms with Gasteiger partial charge in [0.1, 0.15) is 5.82 Å². The Morgan fingerprint density at radius 2 is 2.06 bits per heavy atom. The van der Waals surface area contributed by atoms with Gasteiger partial charge in [-0.1, -0.05) is 36.0 Å². The van der Waals surface area contributed by atoms with Gasteiger partial charge in [0.25, 0.3) is 5.56 Å². The fraction of sp³-hybridized carbons (Fsp3) is 0.292. The highest BCUT2D eigenvalue weighted by Crippen LogP contribution is 2.25. The van der Waals surface area contributed by atoms with Gasteiger partial charge in [0.05, 0.1) is 22.3 Å². The number of carbonyl (C=O) groups excluding carboxylic acids is 1. The first-order valence-electron chi connectivity index (χ1n) is 10.4. The lowest BCUT2D eigenvalue weighted by Gasteiger charge is -2.22. The summed E-state index contributed by atoms with van der Waals surface area (Å²) in [4.78, 5) is 32.6. The number of amides is 1. The average Bonchev–Trinajstić information content (AvgIpc) is 3.29. The Bertz CT molecular complexity index is 1240. The van der Waals surface area contributed by atoms with Crippen LogP contribution in [0.5, 0.6) is 0 Å². The van der Waals surface area contributed by atoms with Crippen LogP contribution in [0.2, 0.25) is 0 Å². The number of allylic oxidation sites excluding steroid dienone is 2. The maximum Gasteiger partial charge on any atom is 0.266 e. The number of rotatable bonds is 6. The smallest absolute Gasteiger partial charge is 0.266 e. The molecule has 1 aliphatic carbocycles. The minimum atomic E-state index is -0.394. The van der Waals surface area contributed by atoms with E-state index in [4.69, 9.17) is 0 Å². The molecule has 2 aromatic carbocycles. The molecule has 0 spiro atoms. The van der Waals surface area contributed by atoms with Crippen molar-refractivity contribution in [3.05, 3.63) is 76.0 Å². The SMILES string of the molecule is CCN(C(=O)CSc1nc2ccccc2c(=O)n1-c1ccc(C)c(F)c1)C1=CCCC1. The van der Waals surface area contributed by atoms with Crippen molar-refractivity contribution in [3.63, 3.8) is 0 Å². The largest absolute Gasteiger partial charge is 0.316 e. The van der Waals surface area contributed by atoms with Crippen molar-refractivity contribution in [1.29, 1.82) is 0 Å². The molecule has 0 aliphatic heterocycles. The summed E-state index contributed by atoms with van der Waals surface area (Å²) in [5.41, 5.74) is 2.23. The molecular weight excluding hydrogens is 413 g/mol. The zero-order valence-corrected chi connectivity index (χ0v) is 18.4. The quantitative estimate of drug-likeness (QED) is 0.409. The number of benzene rings is 2. The minimum absolute atomic E-state index is 0.0234. The van der Waals surface area contributed by atoms with Crippen LogP contribution in [-0.2, 0) is 4.79 Å². The average molecular weight is 438 g/mol. The normalized spacial score (nSPS) is 13.5. The molecule has 0 saturated heterocycles. The maximum atomic E-state index is 14.3. The van der Waals surface area contributed by atoms with Crippen molar-refractivity contribution in [3.8, 4) is 5.69 Å². The van der Waals surface area contributed by atoms with Crippen LogP contribution in [0.3, 0.4) is 0 Å². The van der Waals surface area contributed by atoms with Crippen molar-refractivity contribution in [2.24, 2.45) is 0 Å². The molecule has 0 saturated carbocycles. The first kappa shape index (κ1) is 21.3. The van der Waals surface area contributed by atoms with Crippen LogP contribution in [0.25, 0.3) is 16.6 Å². The first-order valence-corrected chi connectivity index (χ1v) is 11.4. The third-order valence-electron chi connectivity index (χ3n) is 5.46. The summed E-state index contributed by atoms with van der Waals surface area (Å²) in [6, 6.07) is 11.7. The summed E-state index contributed by atoms with van der Waals surface area (Å²) in [7, 11) is 0. The van der Waals surface area contributed by atoms with Crippen LogP contribution in [0.4, 0.5) is 4.39 Å². The van der Waals surface area contributed by atoms with Gasteiger partial charge >= 0.3 is 0 Å². The molecule has 5 nitrogen and oxygen atoms in total. The number of fused-ring (bicyclic) bond motifs is 1. The molecule has 0 fully saturated rings. The van der Waals surface area contributed by atoms with Gasteiger partial charge in [0.2, 0.25) is 5.91 Å². The molecule has 3 aromatic rings. The zero-order valence-electron chi connectivity index (χ0n) is 17.6. The third kappa shape index (κ3) is 4.28. The van der Waals surface area contributed by atoms with Crippen LogP contribution >= 0.6 is 11.8 Å². The number of halogens is 1. The standard InChI is InChI=1S/C24H24FN3O2S/c1-3-27(17-8-4-5-9-17)22(29)15-31-24-26-21-11-7-6-10-19(21)23(30)28(24)18-13-12-16(2)20(25)14-18/h6-8,10-14H,3-5,9,15H2,1-2H3. The van der Waals surface area contributed by atoms with E-state index in [9.17, 15) is 14.0 Å². The van der Waals surface area contributed by atoms with Gasteiger partial charge in [0.15, 0.2) is 5.16 Å². The molecule has 0 bridgehead atoms. The van der Waals surface area contributed by atoms with Crippen molar-refractivity contribution in [2.75, 3.05) is 12.3 Å². The molecule has 31 heavy (non-hydrogen) atoms. The second-order valence-corrected chi connectivity index (χ2v) is 8.44. The van der Waals surface area contributed by atoms with Gasteiger partial charge in [0, 0.05) is 12.2 Å². The molecule has 160 valence electrons. The summed E-state index contributed by atoms with van der Waals surface area (Å²) in [5.74, 6) is -0.274. The Hall–Kier alpha value is -2.93. The summed E-state index contributed by atoms with van der Waals surface area (Å²) in [6.45, 7) is 4.24. The second-order valence-electron chi connectivity index (χ2n) is 7.50. The summed E-state index contributed by atoms with van der Waals surface area (Å²) in [6.07, 6.45) is 5.09. The van der Waals surface area contributed by atoms with Crippen molar-refractivity contribution in [1.82, 2.24) is 14.5 Å². The number of para-hydroxylation sites is 1. The summed E-state index contributed by atoms with van der Waals surface area (Å²) in [5, 5.41) is 0.821. The van der Waals surface area contributed by atoms with Crippen LogP contribution in [0.1, 0.15) is 31.7 Å². The van der Waals surface area contributed by atoms with Crippen molar-refractivity contribution >= 4 is 28.6 Å². The maximum absolute atomic E-state index is 14.3. The molecule has 1 heterocycles. The molecule has 0 atom stereocenters. The monoisotopic (exact) mass is 437 g/mol. The molecule has 1 amide bonds. The molecule has 7 heteroatoms. The number of hydrogen-bond donors (Lipinski definition) is 0. The number of nitrogens with zero attached hydrogens (tertiary/aromatic N) is 3. The Balaban J connectivity index is 1.73. The summed E-state index contributed by atoms with van der Waals surface area (Å²) < 4.78 is 15.7. The number of aromatic nitrogens is 2. The number of thioether (sulfide) groups is 1. The Labute approximate surface area is 184 Å². The van der Waals surface area contributed by atoms with E-state index in [2.05, 4.69) is 11.1 Å². The fourth-order valence-electron chi connectivity index (χ4n) is 3.80. The number of carbonyl (C=O) groups is 1. The highest BCUT2D eigenvalue weighted by Gasteiger charge is 2.21. The highest BCUT2D eigenvalue weighted by molar-refractivity contribution is 7.99. The third-order valence-corrected chi connectivity index (χ3v) is 6.39. The Kier molecular flexibility index (Phi) is 6.23. The van der Waals surface area contributed by atoms with E-state index in [0.29, 0.717) is 33.9 Å². The zero-order chi connectivity index (χ0) is 22.0. The number of aryl methyl sites for hydroxylation is 1. The molecule has 1 aliphatic rings. The molecule has 1 aromatic heterocycles. The molecular formula is C24H24FN3O2S. The fourth-order valence-corrected chi connectivity index (χ4v) is 4.69. The van der Waals surface area contributed by atoms with Crippen molar-refractivity contribution < 1.29 is 9.18 Å². The van der Waals surface area contributed by atoms with E-state index >= 15 is 0 Å². The Morgan fingerprint density at radius 1 is 1.26 bits per heavy atom. The topological polar surface area (TPSA) is 55.2 Å². The van der Waals surface area contributed by atoms with Gasteiger partial charge in [-0.3, -0.25) is 14.2 Å². The van der Waals surface area contributed by atoms with Gasteiger partial charge in [-0.2, -0.15) is 0 Å². The van der Waals surface area contributed by atoms with E-state index < -0.39 is 5.82 Å². The first-order chi connectivity index (χ1) is 15.0. The molecule has 0 unspecified atom stereocenters. The molecule has 0 N–H and O–H groups in total. The van der Waals surface area contributed by atoms with E-state index in [1.165, 1.54) is 22.4 Å². The molecule has 4 rings (SSSR count). The minimum Gasteiger partial charge on any atom is -0.316 e. The summed E-state index contributed by atoms with van der Waals surface area (Å²) >= 11 is 1.20. The van der Waals surface area contributed by atoms with E-state index in [-0.39, 0.29) is 17.2 Å². The predicted molar refractivity (Wildman–Crippen MR) is 122 cm³/mol. The molecule has 0 radical (unpaired) electrons. The van der Waals surface area contributed by atoms with E-state index in [1.54, 1.807) is 42.2 Å². The lowest BCUT2D eigenvalue weighted by molar-refractivity contribution is -0.126. The highest BCUT2D eigenvalue weighted by atomic mass is 32.2. The van der Waals surface area contributed by atoms with E-state index in [1.807, 2.05) is 13.0 Å². The lowest BCUT2D eigenvalue weighted by atomic mass is 10.2. The second kappa shape index (κ2) is 9.06. The van der Waals surface area contributed by atoms with Crippen LogP contribution < -0.4 is 5.56 Å². The predicted octanol–water partition coefficient (Wildman–Crippen LogP) is 4.84. The van der Waals surface area contributed by atoms with Crippen LogP contribution in [0, 0.1) is 12.7 Å².